The Bertz CT molecular complexity index is 821. The molecule has 2 aromatic rings. The second-order valence-corrected chi connectivity index (χ2v) is 7.14. The molecule has 5 heteroatoms. The maximum Gasteiger partial charge on any atom is 0.227 e. The normalized spacial score (nSPS) is 19.8. The molecule has 0 saturated carbocycles. The van der Waals surface area contributed by atoms with Crippen molar-refractivity contribution in [3.05, 3.63) is 42.2 Å². The second-order valence-electron chi connectivity index (χ2n) is 7.14. The number of aromatic nitrogens is 1. The van der Waals surface area contributed by atoms with E-state index in [-0.39, 0.29) is 5.91 Å². The first-order valence-corrected chi connectivity index (χ1v) is 9.28. The third-order valence-electron chi connectivity index (χ3n) is 5.54. The van der Waals surface area contributed by atoms with Crippen molar-refractivity contribution in [1.82, 2.24) is 4.98 Å². The summed E-state index contributed by atoms with van der Waals surface area (Å²) in [5, 5.41) is 0. The molecule has 0 aliphatic carbocycles. The number of pyridine rings is 1. The zero-order valence-electron chi connectivity index (χ0n) is 15.4. The summed E-state index contributed by atoms with van der Waals surface area (Å²) >= 11 is 0. The average molecular weight is 351 g/mol. The van der Waals surface area contributed by atoms with Crippen molar-refractivity contribution in [3.8, 4) is 11.1 Å². The molecule has 1 atom stereocenters. The number of hydrogen-bond acceptors (Lipinski definition) is 4. The van der Waals surface area contributed by atoms with E-state index in [2.05, 4.69) is 34.1 Å². The fourth-order valence-electron chi connectivity index (χ4n) is 4.23. The van der Waals surface area contributed by atoms with Gasteiger partial charge in [0.2, 0.25) is 5.91 Å². The Morgan fingerprint density at radius 2 is 2.15 bits per heavy atom. The van der Waals surface area contributed by atoms with Gasteiger partial charge in [0.15, 0.2) is 0 Å². The molecule has 2 aliphatic heterocycles. The molecule has 0 radical (unpaired) electrons. The molecule has 1 fully saturated rings. The fourth-order valence-corrected chi connectivity index (χ4v) is 4.23. The Morgan fingerprint density at radius 3 is 3.00 bits per heavy atom. The van der Waals surface area contributed by atoms with Gasteiger partial charge >= 0.3 is 0 Å². The molecule has 0 unspecified atom stereocenters. The lowest BCUT2D eigenvalue weighted by Gasteiger charge is -2.29. The monoisotopic (exact) mass is 351 g/mol. The van der Waals surface area contributed by atoms with E-state index in [1.807, 2.05) is 19.4 Å². The lowest BCUT2D eigenvalue weighted by molar-refractivity contribution is -0.118. The molecule has 5 nitrogen and oxygen atoms in total. The third-order valence-corrected chi connectivity index (χ3v) is 5.54. The smallest absolute Gasteiger partial charge is 0.227 e. The summed E-state index contributed by atoms with van der Waals surface area (Å²) in [5.74, 6) is 0.175. The third kappa shape index (κ3) is 2.97. The summed E-state index contributed by atoms with van der Waals surface area (Å²) in [6.07, 6.45) is 7.54. The number of ether oxygens (including phenoxy) is 1. The zero-order valence-corrected chi connectivity index (χ0v) is 15.4. The highest BCUT2D eigenvalue weighted by Crippen LogP contribution is 2.38. The molecule has 26 heavy (non-hydrogen) atoms. The predicted molar refractivity (Wildman–Crippen MR) is 104 cm³/mol. The number of anilines is 2. The molecular formula is C21H25N3O2. The molecule has 1 saturated heterocycles. The van der Waals surface area contributed by atoms with Gasteiger partial charge in [0, 0.05) is 44.4 Å². The Morgan fingerprint density at radius 1 is 1.27 bits per heavy atom. The van der Waals surface area contributed by atoms with Crippen LogP contribution in [0.1, 0.15) is 24.8 Å². The minimum absolute atomic E-state index is 0.175. The first-order chi connectivity index (χ1) is 12.7. The quantitative estimate of drug-likeness (QED) is 0.848. The number of hydrogen-bond donors (Lipinski definition) is 0. The molecular weight excluding hydrogens is 326 g/mol. The summed E-state index contributed by atoms with van der Waals surface area (Å²) in [4.78, 5) is 20.9. The van der Waals surface area contributed by atoms with Crippen molar-refractivity contribution in [3.63, 3.8) is 0 Å². The molecule has 1 aromatic heterocycles. The number of benzene rings is 1. The van der Waals surface area contributed by atoms with Crippen molar-refractivity contribution < 1.29 is 9.53 Å². The maximum absolute atomic E-state index is 12.2. The molecule has 0 N–H and O–H groups in total. The molecule has 0 spiro atoms. The van der Waals surface area contributed by atoms with Crippen LogP contribution < -0.4 is 9.80 Å². The largest absolute Gasteiger partial charge is 0.383 e. The van der Waals surface area contributed by atoms with Gasteiger partial charge in [-0.05, 0) is 30.9 Å². The van der Waals surface area contributed by atoms with E-state index >= 15 is 0 Å². The Kier molecular flexibility index (Phi) is 4.64. The van der Waals surface area contributed by atoms with Gasteiger partial charge in [-0.1, -0.05) is 18.2 Å². The highest BCUT2D eigenvalue weighted by molar-refractivity contribution is 6.00. The SMILES string of the molecule is COC[C@@H]1CCCN1c1cncc(-c2cccc3c2N(C)C(=O)CC3)c1. The van der Waals surface area contributed by atoms with Gasteiger partial charge in [-0.2, -0.15) is 0 Å². The van der Waals surface area contributed by atoms with Crippen LogP contribution in [0.15, 0.2) is 36.7 Å². The van der Waals surface area contributed by atoms with Crippen LogP contribution >= 0.6 is 0 Å². The maximum atomic E-state index is 12.2. The molecule has 3 heterocycles. The minimum Gasteiger partial charge on any atom is -0.383 e. The summed E-state index contributed by atoms with van der Waals surface area (Å²) < 4.78 is 5.39. The van der Waals surface area contributed by atoms with Gasteiger partial charge in [-0.3, -0.25) is 9.78 Å². The van der Waals surface area contributed by atoms with Gasteiger partial charge in [-0.15, -0.1) is 0 Å². The topological polar surface area (TPSA) is 45.7 Å². The van der Waals surface area contributed by atoms with E-state index in [1.165, 1.54) is 12.0 Å². The summed E-state index contributed by atoms with van der Waals surface area (Å²) in [6.45, 7) is 1.77. The summed E-state index contributed by atoms with van der Waals surface area (Å²) in [5.41, 5.74) is 5.52. The Hall–Kier alpha value is -2.40. The number of rotatable bonds is 4. The van der Waals surface area contributed by atoms with Crippen LogP contribution in [0.2, 0.25) is 0 Å². The van der Waals surface area contributed by atoms with E-state index in [4.69, 9.17) is 4.74 Å². The predicted octanol–water partition coefficient (Wildman–Crippen LogP) is 3.27. The average Bonchev–Trinajstić information content (AvgIpc) is 3.13. The zero-order chi connectivity index (χ0) is 18.1. The van der Waals surface area contributed by atoms with Gasteiger partial charge in [0.1, 0.15) is 0 Å². The van der Waals surface area contributed by atoms with Crippen LogP contribution in [0.25, 0.3) is 11.1 Å². The van der Waals surface area contributed by atoms with Crippen LogP contribution in [-0.4, -0.2) is 44.2 Å². The van der Waals surface area contributed by atoms with Gasteiger partial charge < -0.3 is 14.5 Å². The van der Waals surface area contributed by atoms with Gasteiger partial charge in [-0.25, -0.2) is 0 Å². The first-order valence-electron chi connectivity index (χ1n) is 9.28. The molecule has 136 valence electrons. The van der Waals surface area contributed by atoms with Crippen LogP contribution in [0.4, 0.5) is 11.4 Å². The summed E-state index contributed by atoms with van der Waals surface area (Å²) in [7, 11) is 3.63. The molecule has 2 aliphatic rings. The van der Waals surface area contributed by atoms with E-state index in [0.717, 1.165) is 48.5 Å². The van der Waals surface area contributed by atoms with E-state index < -0.39 is 0 Å². The highest BCUT2D eigenvalue weighted by atomic mass is 16.5. The van der Waals surface area contributed by atoms with Crippen molar-refractivity contribution in [1.29, 1.82) is 0 Å². The molecule has 1 aromatic carbocycles. The first kappa shape index (κ1) is 17.0. The van der Waals surface area contributed by atoms with Crippen LogP contribution in [0, 0.1) is 0 Å². The second kappa shape index (κ2) is 7.08. The fraction of sp³-hybridized carbons (Fsp3) is 0.429. The molecule has 1 amide bonds. The standard InChI is InChI=1S/C21H25N3O2/c1-23-20(25)9-8-15-5-3-7-19(21(15)23)16-11-18(13-22-12-16)24-10-4-6-17(24)14-26-2/h3,5,7,11-13,17H,4,6,8-10,14H2,1-2H3/t17-/m0/s1. The number of carbonyl (C=O) groups is 1. The lowest BCUT2D eigenvalue weighted by Crippen LogP contribution is -2.33. The van der Waals surface area contributed by atoms with Crippen LogP contribution in [-0.2, 0) is 16.0 Å². The Balaban J connectivity index is 1.73. The molecule has 4 rings (SSSR count). The minimum atomic E-state index is 0.175. The van der Waals surface area contributed by atoms with Crippen molar-refractivity contribution >= 4 is 17.3 Å². The number of carbonyl (C=O) groups excluding carboxylic acids is 1. The summed E-state index contributed by atoms with van der Waals surface area (Å²) in [6, 6.07) is 8.89. The molecule has 0 bridgehead atoms. The van der Waals surface area contributed by atoms with Crippen LogP contribution in [0.3, 0.4) is 0 Å². The van der Waals surface area contributed by atoms with E-state index in [0.29, 0.717) is 12.5 Å². The van der Waals surface area contributed by atoms with Crippen molar-refractivity contribution in [2.45, 2.75) is 31.7 Å². The van der Waals surface area contributed by atoms with E-state index in [9.17, 15) is 4.79 Å². The van der Waals surface area contributed by atoms with Crippen molar-refractivity contribution in [2.75, 3.05) is 37.1 Å². The highest BCUT2D eigenvalue weighted by Gasteiger charge is 2.27. The number of para-hydroxylation sites is 1. The van der Waals surface area contributed by atoms with Gasteiger partial charge in [0.25, 0.3) is 0 Å². The lowest BCUT2D eigenvalue weighted by atomic mass is 9.94. The van der Waals surface area contributed by atoms with E-state index in [1.54, 1.807) is 12.0 Å². The van der Waals surface area contributed by atoms with Crippen LogP contribution in [0.5, 0.6) is 0 Å². The number of methoxy groups -OCH3 is 1. The number of amides is 1. The number of nitrogens with zero attached hydrogens (tertiary/aromatic N) is 3. The Labute approximate surface area is 154 Å². The van der Waals surface area contributed by atoms with Gasteiger partial charge in [0.05, 0.1) is 30.2 Å². The van der Waals surface area contributed by atoms with Crippen molar-refractivity contribution in [2.24, 2.45) is 0 Å². The number of aryl methyl sites for hydroxylation is 1. The number of fused-ring (bicyclic) bond motifs is 1.